The molecule has 2 atom stereocenters. The van der Waals surface area contributed by atoms with Gasteiger partial charge in [0, 0.05) is 10.9 Å². The highest BCUT2D eigenvalue weighted by Crippen LogP contribution is 2.43. The van der Waals surface area contributed by atoms with E-state index in [2.05, 4.69) is 4.99 Å². The number of rotatable bonds is 4. The highest BCUT2D eigenvalue weighted by Gasteiger charge is 2.49. The monoisotopic (exact) mass is 430 g/mol. The van der Waals surface area contributed by atoms with Crippen molar-refractivity contribution in [3.05, 3.63) is 59.7 Å². The van der Waals surface area contributed by atoms with Crippen LogP contribution in [0.3, 0.4) is 0 Å². The molecule has 0 unspecified atom stereocenters. The first-order valence-electron chi connectivity index (χ1n) is 9.36. The number of aryl methyl sites for hydroxylation is 2. The molecule has 2 saturated heterocycles. The SMILES string of the molecule is Cc1cccc(C)c1N1C(=NC(=O)COc2ccccc2)S[C@H]2CS(=O)(=O)C[C@H]21. The number of amides is 1. The van der Waals surface area contributed by atoms with E-state index in [0.29, 0.717) is 10.9 Å². The van der Waals surface area contributed by atoms with E-state index in [9.17, 15) is 13.2 Å². The number of ether oxygens (including phenoxy) is 1. The number of thioether (sulfide) groups is 1. The second kappa shape index (κ2) is 7.84. The van der Waals surface area contributed by atoms with Crippen LogP contribution in [0, 0.1) is 13.8 Å². The Labute approximate surface area is 174 Å². The Balaban J connectivity index is 1.63. The van der Waals surface area contributed by atoms with Crippen LogP contribution in [-0.2, 0) is 14.6 Å². The molecule has 2 fully saturated rings. The Bertz CT molecular complexity index is 1050. The van der Waals surface area contributed by atoms with Crippen molar-refractivity contribution in [2.45, 2.75) is 25.1 Å². The Morgan fingerprint density at radius 3 is 2.48 bits per heavy atom. The zero-order valence-electron chi connectivity index (χ0n) is 16.2. The summed E-state index contributed by atoms with van der Waals surface area (Å²) in [5, 5.41) is 0.426. The smallest absolute Gasteiger partial charge is 0.285 e. The molecule has 2 aliphatic heterocycles. The van der Waals surface area contributed by atoms with E-state index in [4.69, 9.17) is 4.74 Å². The fourth-order valence-corrected chi connectivity index (χ4v) is 7.73. The van der Waals surface area contributed by atoms with Crippen molar-refractivity contribution in [1.82, 2.24) is 0 Å². The van der Waals surface area contributed by atoms with Gasteiger partial charge in [0.2, 0.25) is 0 Å². The molecule has 2 aromatic carbocycles. The van der Waals surface area contributed by atoms with Gasteiger partial charge in [0.15, 0.2) is 21.6 Å². The predicted molar refractivity (Wildman–Crippen MR) is 117 cm³/mol. The quantitative estimate of drug-likeness (QED) is 0.742. The van der Waals surface area contributed by atoms with E-state index in [1.165, 1.54) is 11.8 Å². The zero-order chi connectivity index (χ0) is 20.6. The fraction of sp³-hybridized carbons (Fsp3) is 0.333. The van der Waals surface area contributed by atoms with Crippen LogP contribution >= 0.6 is 11.8 Å². The minimum Gasteiger partial charge on any atom is -0.484 e. The summed E-state index contributed by atoms with van der Waals surface area (Å²) in [4.78, 5) is 18.8. The standard InChI is InChI=1S/C21H22N2O4S2/c1-14-7-6-8-15(2)20(14)23-17-12-29(25,26)13-18(17)28-21(23)22-19(24)11-27-16-9-4-3-5-10-16/h3-10,17-18H,11-13H2,1-2H3/t17-,18+/m1/s1. The number of fused-ring (bicyclic) bond motifs is 1. The summed E-state index contributed by atoms with van der Waals surface area (Å²) in [6, 6.07) is 14.8. The fourth-order valence-electron chi connectivity index (χ4n) is 3.81. The lowest BCUT2D eigenvalue weighted by Crippen LogP contribution is -2.38. The van der Waals surface area contributed by atoms with Gasteiger partial charge in [-0.15, -0.1) is 0 Å². The third kappa shape index (κ3) is 4.18. The maximum absolute atomic E-state index is 12.5. The first-order valence-corrected chi connectivity index (χ1v) is 12.1. The van der Waals surface area contributed by atoms with Crippen molar-refractivity contribution in [1.29, 1.82) is 0 Å². The number of aliphatic imine (C=N–C) groups is 1. The molecule has 29 heavy (non-hydrogen) atoms. The number of hydrogen-bond acceptors (Lipinski definition) is 5. The molecule has 0 aliphatic carbocycles. The minimum atomic E-state index is -3.10. The molecule has 0 spiro atoms. The molecule has 0 N–H and O–H groups in total. The van der Waals surface area contributed by atoms with Crippen LogP contribution in [0.25, 0.3) is 0 Å². The Hall–Kier alpha value is -2.32. The van der Waals surface area contributed by atoms with E-state index in [0.717, 1.165) is 16.8 Å². The van der Waals surface area contributed by atoms with Gasteiger partial charge in [0.1, 0.15) is 5.75 Å². The van der Waals surface area contributed by atoms with Gasteiger partial charge in [-0.25, -0.2) is 8.42 Å². The second-order valence-corrected chi connectivity index (χ2v) is 10.7. The Morgan fingerprint density at radius 2 is 1.79 bits per heavy atom. The molecule has 0 saturated carbocycles. The largest absolute Gasteiger partial charge is 0.484 e. The lowest BCUT2D eigenvalue weighted by Gasteiger charge is -2.27. The van der Waals surface area contributed by atoms with Crippen LogP contribution in [0.5, 0.6) is 5.75 Å². The number of nitrogens with zero attached hydrogens (tertiary/aromatic N) is 2. The first kappa shape index (κ1) is 20.0. The van der Waals surface area contributed by atoms with Gasteiger partial charge < -0.3 is 9.64 Å². The van der Waals surface area contributed by atoms with Crippen LogP contribution in [-0.4, -0.2) is 48.9 Å². The van der Waals surface area contributed by atoms with Gasteiger partial charge in [0.05, 0.1) is 17.5 Å². The van der Waals surface area contributed by atoms with Gasteiger partial charge >= 0.3 is 0 Å². The summed E-state index contributed by atoms with van der Waals surface area (Å²) < 4.78 is 29.9. The number of para-hydroxylation sites is 2. The molecule has 0 radical (unpaired) electrons. The van der Waals surface area contributed by atoms with E-state index in [1.807, 2.05) is 55.1 Å². The molecule has 152 valence electrons. The summed E-state index contributed by atoms with van der Waals surface area (Å²) in [5.74, 6) is 0.397. The Kier molecular flexibility index (Phi) is 5.40. The first-order chi connectivity index (χ1) is 13.8. The Morgan fingerprint density at radius 1 is 1.10 bits per heavy atom. The summed E-state index contributed by atoms with van der Waals surface area (Å²) in [7, 11) is -3.10. The molecule has 6 nitrogen and oxygen atoms in total. The van der Waals surface area contributed by atoms with E-state index in [1.54, 1.807) is 12.1 Å². The minimum absolute atomic E-state index is 0.0756. The molecule has 4 rings (SSSR count). The third-order valence-electron chi connectivity index (χ3n) is 5.07. The van der Waals surface area contributed by atoms with Crippen molar-refractivity contribution in [2.75, 3.05) is 23.0 Å². The van der Waals surface area contributed by atoms with E-state index < -0.39 is 15.7 Å². The van der Waals surface area contributed by atoms with Crippen molar-refractivity contribution >= 4 is 38.4 Å². The maximum atomic E-state index is 12.5. The lowest BCUT2D eigenvalue weighted by molar-refractivity contribution is -0.119. The normalized spacial score (nSPS) is 23.9. The molecule has 8 heteroatoms. The highest BCUT2D eigenvalue weighted by atomic mass is 32.2. The second-order valence-electron chi connectivity index (χ2n) is 7.30. The molecule has 2 aromatic rings. The number of benzene rings is 2. The summed E-state index contributed by atoms with van der Waals surface area (Å²) in [6.07, 6.45) is 0. The zero-order valence-corrected chi connectivity index (χ0v) is 17.9. The topological polar surface area (TPSA) is 76.0 Å². The van der Waals surface area contributed by atoms with Crippen molar-refractivity contribution in [3.63, 3.8) is 0 Å². The number of carbonyl (C=O) groups excluding carboxylic acids is 1. The molecule has 2 aliphatic rings. The van der Waals surface area contributed by atoms with Crippen molar-refractivity contribution in [2.24, 2.45) is 4.99 Å². The van der Waals surface area contributed by atoms with Crippen molar-refractivity contribution in [3.8, 4) is 5.75 Å². The predicted octanol–water partition coefficient (Wildman–Crippen LogP) is 2.98. The van der Waals surface area contributed by atoms with Gasteiger partial charge in [-0.05, 0) is 37.1 Å². The maximum Gasteiger partial charge on any atom is 0.285 e. The summed E-state index contributed by atoms with van der Waals surface area (Å²) in [5.41, 5.74) is 2.98. The van der Waals surface area contributed by atoms with Gasteiger partial charge in [0.25, 0.3) is 5.91 Å². The summed E-state index contributed by atoms with van der Waals surface area (Å²) in [6.45, 7) is 3.81. The average molecular weight is 431 g/mol. The van der Waals surface area contributed by atoms with Crippen LogP contribution < -0.4 is 9.64 Å². The number of amidine groups is 1. The number of carbonyl (C=O) groups is 1. The molecule has 2 heterocycles. The number of anilines is 1. The molecule has 0 bridgehead atoms. The number of sulfone groups is 1. The van der Waals surface area contributed by atoms with E-state index >= 15 is 0 Å². The van der Waals surface area contributed by atoms with Crippen LogP contribution in [0.1, 0.15) is 11.1 Å². The highest BCUT2D eigenvalue weighted by molar-refractivity contribution is 8.16. The molecular weight excluding hydrogens is 408 g/mol. The molecular formula is C21H22N2O4S2. The average Bonchev–Trinajstić information content (AvgIpc) is 3.13. The lowest BCUT2D eigenvalue weighted by atomic mass is 10.1. The van der Waals surface area contributed by atoms with Crippen molar-refractivity contribution < 1.29 is 17.9 Å². The van der Waals surface area contributed by atoms with Gasteiger partial charge in [-0.3, -0.25) is 4.79 Å². The summed E-state index contributed by atoms with van der Waals surface area (Å²) >= 11 is 1.37. The van der Waals surface area contributed by atoms with E-state index in [-0.39, 0.29) is 29.4 Å². The van der Waals surface area contributed by atoms with Gasteiger partial charge in [-0.1, -0.05) is 48.2 Å². The van der Waals surface area contributed by atoms with Crippen LogP contribution in [0.2, 0.25) is 0 Å². The van der Waals surface area contributed by atoms with Gasteiger partial charge in [-0.2, -0.15) is 4.99 Å². The third-order valence-corrected chi connectivity index (χ3v) is 8.28. The van der Waals surface area contributed by atoms with Crippen LogP contribution in [0.4, 0.5) is 5.69 Å². The number of hydrogen-bond donors (Lipinski definition) is 0. The van der Waals surface area contributed by atoms with Crippen LogP contribution in [0.15, 0.2) is 53.5 Å². The molecule has 0 aromatic heterocycles. The molecule has 1 amide bonds.